The number of para-hydroxylation sites is 2. The molecule has 1 saturated heterocycles. The third kappa shape index (κ3) is 5.42. The van der Waals surface area contributed by atoms with Gasteiger partial charge in [0, 0.05) is 17.9 Å². The number of benzene rings is 4. The van der Waals surface area contributed by atoms with E-state index in [0.29, 0.717) is 11.4 Å². The molecule has 41 heavy (non-hydrogen) atoms. The number of halogens is 3. The van der Waals surface area contributed by atoms with Crippen LogP contribution in [0.3, 0.4) is 0 Å². The van der Waals surface area contributed by atoms with Gasteiger partial charge in [0.25, 0.3) is 0 Å². The van der Waals surface area contributed by atoms with Crippen molar-refractivity contribution in [2.24, 2.45) is 5.92 Å². The molecule has 1 aliphatic heterocycles. The topological polar surface area (TPSA) is 57.7 Å². The maximum absolute atomic E-state index is 14.5. The molecule has 0 bridgehead atoms. The number of hydrogen-bond donors (Lipinski definition) is 0. The van der Waals surface area contributed by atoms with Crippen LogP contribution in [0.1, 0.15) is 22.7 Å². The zero-order chi connectivity index (χ0) is 29.4. The van der Waals surface area contributed by atoms with Crippen LogP contribution in [0.15, 0.2) is 126 Å². The molecule has 9 heteroatoms. The summed E-state index contributed by atoms with van der Waals surface area (Å²) in [5.74, 6) is -1.89. The van der Waals surface area contributed by atoms with Crippen molar-refractivity contribution < 1.29 is 26.4 Å². The lowest BCUT2D eigenvalue weighted by atomic mass is 9.87. The summed E-state index contributed by atoms with van der Waals surface area (Å²) in [6.45, 7) is 5.51. The first-order valence-corrected chi connectivity index (χ1v) is 14.3. The summed E-state index contributed by atoms with van der Waals surface area (Å²) in [6, 6.07) is 26.7. The normalized spacial score (nSPS) is 17.9. The lowest BCUT2D eigenvalue weighted by Gasteiger charge is -2.32. The van der Waals surface area contributed by atoms with Gasteiger partial charge in [0.05, 0.1) is 22.4 Å². The SMILES string of the molecule is C=C1CN(S(=O)(=O)c2ccc(C)cc2)[C@@H](c2ccccc2C(F)(F)F)[C@H]1C(=O)N(c1ccccc1)c1ccccc1. The molecule has 0 N–H and O–H groups in total. The van der Waals surface area contributed by atoms with Gasteiger partial charge in [-0.05, 0) is 60.5 Å². The second kappa shape index (κ2) is 11.0. The molecule has 0 radical (unpaired) electrons. The molecular formula is C32H27F3N2O3S. The zero-order valence-electron chi connectivity index (χ0n) is 22.1. The lowest BCUT2D eigenvalue weighted by molar-refractivity contribution is -0.139. The average Bonchev–Trinajstić information content (AvgIpc) is 3.32. The monoisotopic (exact) mass is 576 g/mol. The van der Waals surface area contributed by atoms with Gasteiger partial charge in [-0.2, -0.15) is 17.5 Å². The Hall–Kier alpha value is -4.21. The summed E-state index contributed by atoms with van der Waals surface area (Å²) in [5.41, 5.74) is 0.674. The van der Waals surface area contributed by atoms with Gasteiger partial charge >= 0.3 is 6.18 Å². The van der Waals surface area contributed by atoms with Gasteiger partial charge in [0.1, 0.15) is 0 Å². The Morgan fingerprint density at radius 3 is 1.88 bits per heavy atom. The van der Waals surface area contributed by atoms with Gasteiger partial charge in [-0.1, -0.05) is 78.9 Å². The van der Waals surface area contributed by atoms with Crippen LogP contribution in [0.2, 0.25) is 0 Å². The highest BCUT2D eigenvalue weighted by Gasteiger charge is 2.51. The molecule has 210 valence electrons. The first-order chi connectivity index (χ1) is 19.5. The summed E-state index contributed by atoms with van der Waals surface area (Å²) >= 11 is 0. The molecular weight excluding hydrogens is 549 g/mol. The number of nitrogens with zero attached hydrogens (tertiary/aromatic N) is 2. The standard InChI is InChI=1S/C32H27F3N2O3S/c1-22-17-19-26(20-18-22)41(39,40)36-21-23(2)29(30(36)27-15-9-10-16-28(27)32(33,34)35)31(38)37(24-11-5-3-6-12-24)25-13-7-4-8-14-25/h3-20,29-30H,2,21H2,1H3/t29-,30-/m0/s1. The van der Waals surface area contributed by atoms with Gasteiger partial charge in [-0.3, -0.25) is 9.69 Å². The highest BCUT2D eigenvalue weighted by Crippen LogP contribution is 2.48. The molecule has 0 aromatic heterocycles. The minimum absolute atomic E-state index is 0.0820. The number of anilines is 2. The van der Waals surface area contributed by atoms with Crippen LogP contribution in [0, 0.1) is 12.8 Å². The summed E-state index contributed by atoms with van der Waals surface area (Å²) in [4.78, 5) is 15.8. The Morgan fingerprint density at radius 2 is 1.34 bits per heavy atom. The van der Waals surface area contributed by atoms with E-state index in [9.17, 15) is 26.4 Å². The molecule has 5 nitrogen and oxygen atoms in total. The number of alkyl halides is 3. The molecule has 0 saturated carbocycles. The second-order valence-corrected chi connectivity index (χ2v) is 11.8. The fourth-order valence-corrected chi connectivity index (χ4v) is 6.84. The van der Waals surface area contributed by atoms with Crippen LogP contribution < -0.4 is 4.90 Å². The van der Waals surface area contributed by atoms with E-state index in [-0.39, 0.29) is 22.6 Å². The summed E-state index contributed by atoms with van der Waals surface area (Å²) in [6.07, 6.45) is -4.79. The minimum Gasteiger partial charge on any atom is -0.280 e. The van der Waals surface area contributed by atoms with Gasteiger partial charge in [-0.25, -0.2) is 8.42 Å². The quantitative estimate of drug-likeness (QED) is 0.227. The molecule has 0 aliphatic carbocycles. The minimum atomic E-state index is -4.79. The number of aryl methyl sites for hydroxylation is 1. The molecule has 1 fully saturated rings. The van der Waals surface area contributed by atoms with Crippen molar-refractivity contribution in [2.45, 2.75) is 24.0 Å². The van der Waals surface area contributed by atoms with Crippen molar-refractivity contribution in [3.8, 4) is 0 Å². The van der Waals surface area contributed by atoms with E-state index >= 15 is 0 Å². The lowest BCUT2D eigenvalue weighted by Crippen LogP contribution is -2.39. The molecule has 4 aromatic carbocycles. The van der Waals surface area contributed by atoms with E-state index in [4.69, 9.17) is 0 Å². The van der Waals surface area contributed by atoms with Crippen LogP contribution in [0.5, 0.6) is 0 Å². The van der Waals surface area contributed by atoms with Gasteiger partial charge in [-0.15, -0.1) is 0 Å². The molecule has 0 spiro atoms. The zero-order valence-corrected chi connectivity index (χ0v) is 22.9. The maximum atomic E-state index is 14.5. The van der Waals surface area contributed by atoms with Crippen molar-refractivity contribution in [3.63, 3.8) is 0 Å². The van der Waals surface area contributed by atoms with Crippen molar-refractivity contribution in [1.82, 2.24) is 4.31 Å². The predicted molar refractivity (Wildman–Crippen MR) is 152 cm³/mol. The fourth-order valence-electron chi connectivity index (χ4n) is 5.22. The molecule has 1 aliphatic rings. The highest BCUT2D eigenvalue weighted by atomic mass is 32.2. The number of rotatable bonds is 6. The van der Waals surface area contributed by atoms with E-state index in [1.165, 1.54) is 35.2 Å². The average molecular weight is 577 g/mol. The Bertz CT molecular complexity index is 1630. The van der Waals surface area contributed by atoms with E-state index in [1.807, 2.05) is 0 Å². The fraction of sp³-hybridized carbons (Fsp3) is 0.156. The number of carbonyl (C=O) groups excluding carboxylic acids is 1. The second-order valence-electron chi connectivity index (χ2n) is 9.87. The summed E-state index contributed by atoms with van der Waals surface area (Å²) in [7, 11) is -4.33. The van der Waals surface area contributed by atoms with Crippen LogP contribution in [0.25, 0.3) is 0 Å². The molecule has 4 aromatic rings. The van der Waals surface area contributed by atoms with E-state index in [0.717, 1.165) is 15.9 Å². The van der Waals surface area contributed by atoms with Crippen LogP contribution >= 0.6 is 0 Å². The van der Waals surface area contributed by atoms with Crippen molar-refractivity contribution >= 4 is 27.3 Å². The predicted octanol–water partition coefficient (Wildman–Crippen LogP) is 7.30. The first-order valence-electron chi connectivity index (χ1n) is 12.9. The molecule has 2 atom stereocenters. The summed E-state index contributed by atoms with van der Waals surface area (Å²) < 4.78 is 71.9. The van der Waals surface area contributed by atoms with E-state index < -0.39 is 39.6 Å². The summed E-state index contributed by atoms with van der Waals surface area (Å²) in [5, 5.41) is 0. The third-order valence-corrected chi connectivity index (χ3v) is 8.99. The number of hydrogen-bond acceptors (Lipinski definition) is 3. The van der Waals surface area contributed by atoms with Gasteiger partial charge in [0.15, 0.2) is 0 Å². The van der Waals surface area contributed by atoms with Crippen LogP contribution in [-0.4, -0.2) is 25.2 Å². The number of sulfonamides is 1. The van der Waals surface area contributed by atoms with Crippen molar-refractivity contribution in [2.75, 3.05) is 11.4 Å². The highest BCUT2D eigenvalue weighted by molar-refractivity contribution is 7.89. The van der Waals surface area contributed by atoms with E-state index in [2.05, 4.69) is 6.58 Å². The molecule has 5 rings (SSSR count). The third-order valence-electron chi connectivity index (χ3n) is 7.15. The molecule has 0 unspecified atom stereocenters. The largest absolute Gasteiger partial charge is 0.416 e. The molecule has 1 heterocycles. The maximum Gasteiger partial charge on any atom is 0.416 e. The van der Waals surface area contributed by atoms with Crippen LogP contribution in [0.4, 0.5) is 24.5 Å². The Morgan fingerprint density at radius 1 is 0.829 bits per heavy atom. The first kappa shape index (κ1) is 28.3. The smallest absolute Gasteiger partial charge is 0.280 e. The van der Waals surface area contributed by atoms with Crippen LogP contribution in [-0.2, 0) is 21.0 Å². The van der Waals surface area contributed by atoms with Crippen molar-refractivity contribution in [1.29, 1.82) is 0 Å². The Kier molecular flexibility index (Phi) is 7.59. The van der Waals surface area contributed by atoms with E-state index in [1.54, 1.807) is 79.7 Å². The van der Waals surface area contributed by atoms with Gasteiger partial charge < -0.3 is 0 Å². The number of amides is 1. The molecule has 1 amide bonds. The Balaban J connectivity index is 1.71. The van der Waals surface area contributed by atoms with Gasteiger partial charge in [0.2, 0.25) is 15.9 Å². The Labute approximate surface area is 237 Å². The van der Waals surface area contributed by atoms with Crippen molar-refractivity contribution in [3.05, 3.63) is 138 Å². The number of carbonyl (C=O) groups is 1.